The molecule has 1 atom stereocenters. The Morgan fingerprint density at radius 3 is 3.00 bits per heavy atom. The molecule has 2 rings (SSSR count). The lowest BCUT2D eigenvalue weighted by atomic mass is 10.1. The van der Waals surface area contributed by atoms with Gasteiger partial charge in [-0.05, 0) is 31.6 Å². The summed E-state index contributed by atoms with van der Waals surface area (Å²) in [7, 11) is 0. The summed E-state index contributed by atoms with van der Waals surface area (Å²) < 4.78 is 0. The molecule has 0 bridgehead atoms. The Morgan fingerprint density at radius 1 is 1.10 bits per heavy atom. The molecule has 0 heterocycles. The molecule has 0 aromatic rings. The zero-order valence-corrected chi connectivity index (χ0v) is 6.60. The van der Waals surface area contributed by atoms with E-state index in [1.165, 1.54) is 44.9 Å². The predicted molar refractivity (Wildman–Crippen MR) is 43.9 cm³/mol. The number of rotatable bonds is 0. The maximum atomic E-state index is 2.50. The third-order valence-electron chi connectivity index (χ3n) is 2.76. The summed E-state index contributed by atoms with van der Waals surface area (Å²) in [4.78, 5) is 0. The second kappa shape index (κ2) is 2.77. The zero-order chi connectivity index (χ0) is 6.81. The summed E-state index contributed by atoms with van der Waals surface area (Å²) in [6, 6.07) is 0. The van der Waals surface area contributed by atoms with Gasteiger partial charge in [-0.25, -0.2) is 0 Å². The van der Waals surface area contributed by atoms with Crippen LogP contribution in [-0.4, -0.2) is 0 Å². The number of hydrogen-bond donors (Lipinski definition) is 0. The number of fused-ring (bicyclic) bond motifs is 1. The monoisotopic (exact) mass is 136 g/mol. The van der Waals surface area contributed by atoms with Gasteiger partial charge in [-0.3, -0.25) is 0 Å². The second-order valence-electron chi connectivity index (χ2n) is 3.67. The molecule has 2 aliphatic rings. The van der Waals surface area contributed by atoms with Gasteiger partial charge in [0, 0.05) is 0 Å². The molecule has 0 amide bonds. The van der Waals surface area contributed by atoms with Gasteiger partial charge in [0.2, 0.25) is 0 Å². The minimum atomic E-state index is 1.04. The average Bonchev–Trinajstić information content (AvgIpc) is 2.66. The van der Waals surface area contributed by atoms with Crippen molar-refractivity contribution in [3.8, 4) is 0 Å². The van der Waals surface area contributed by atoms with Crippen molar-refractivity contribution < 1.29 is 0 Å². The van der Waals surface area contributed by atoms with E-state index in [0.717, 1.165) is 5.92 Å². The van der Waals surface area contributed by atoms with Crippen LogP contribution in [0.4, 0.5) is 0 Å². The summed E-state index contributed by atoms with van der Waals surface area (Å²) in [5, 5.41) is 0. The van der Waals surface area contributed by atoms with Crippen molar-refractivity contribution in [2.24, 2.45) is 5.92 Å². The normalized spacial score (nSPS) is 32.8. The van der Waals surface area contributed by atoms with Gasteiger partial charge in [0.25, 0.3) is 0 Å². The van der Waals surface area contributed by atoms with Crippen molar-refractivity contribution in [2.45, 2.75) is 44.9 Å². The Morgan fingerprint density at radius 2 is 2.00 bits per heavy atom. The van der Waals surface area contributed by atoms with E-state index in [-0.39, 0.29) is 0 Å². The maximum Gasteiger partial charge on any atom is -0.0166 e. The quantitative estimate of drug-likeness (QED) is 0.448. The molecule has 1 saturated carbocycles. The van der Waals surface area contributed by atoms with Crippen LogP contribution in [0.25, 0.3) is 0 Å². The van der Waals surface area contributed by atoms with Crippen LogP contribution in [0.1, 0.15) is 44.9 Å². The van der Waals surface area contributed by atoms with Crippen LogP contribution < -0.4 is 0 Å². The first-order chi connectivity index (χ1) is 4.97. The fraction of sp³-hybridized carbons (Fsp3) is 0.800. The van der Waals surface area contributed by atoms with Crippen LogP contribution in [-0.2, 0) is 0 Å². The summed E-state index contributed by atoms with van der Waals surface area (Å²) in [5.74, 6) is 1.04. The van der Waals surface area contributed by atoms with Gasteiger partial charge in [0.1, 0.15) is 0 Å². The molecule has 0 aromatic carbocycles. The molecule has 0 spiro atoms. The zero-order valence-electron chi connectivity index (χ0n) is 6.60. The van der Waals surface area contributed by atoms with Gasteiger partial charge in [-0.1, -0.05) is 30.9 Å². The Balaban J connectivity index is 1.90. The Labute approximate surface area is 63.3 Å². The van der Waals surface area contributed by atoms with Crippen molar-refractivity contribution in [2.75, 3.05) is 0 Å². The third kappa shape index (κ3) is 1.42. The molecule has 0 saturated heterocycles. The van der Waals surface area contributed by atoms with Gasteiger partial charge in [-0.15, -0.1) is 0 Å². The minimum Gasteiger partial charge on any atom is -0.0850 e. The first kappa shape index (κ1) is 6.45. The van der Waals surface area contributed by atoms with E-state index in [0.29, 0.717) is 0 Å². The lowest BCUT2D eigenvalue weighted by Gasteiger charge is -1.95. The van der Waals surface area contributed by atoms with E-state index >= 15 is 0 Å². The van der Waals surface area contributed by atoms with E-state index in [1.54, 1.807) is 5.57 Å². The van der Waals surface area contributed by atoms with Crippen molar-refractivity contribution in [1.29, 1.82) is 0 Å². The predicted octanol–water partition coefficient (Wildman–Crippen LogP) is 3.29. The van der Waals surface area contributed by atoms with Gasteiger partial charge in [-0.2, -0.15) is 0 Å². The largest absolute Gasteiger partial charge is 0.0850 e. The van der Waals surface area contributed by atoms with Gasteiger partial charge in [0.05, 0.1) is 0 Å². The van der Waals surface area contributed by atoms with Gasteiger partial charge < -0.3 is 0 Å². The molecule has 0 N–H and O–H groups in total. The summed E-state index contributed by atoms with van der Waals surface area (Å²) in [5.41, 5.74) is 1.78. The molecule has 10 heavy (non-hydrogen) atoms. The van der Waals surface area contributed by atoms with Crippen molar-refractivity contribution in [3.05, 3.63) is 11.6 Å². The molecular weight excluding hydrogens is 120 g/mol. The standard InChI is InChI=1S/C10H16/c1-2-4-6-9-8-10(9)7-5-3-1/h6,10H,1-5,7-8H2. The Kier molecular flexibility index (Phi) is 1.79. The minimum absolute atomic E-state index is 1.04. The SMILES string of the molecule is C1=C2CC2CCCCCC1. The lowest BCUT2D eigenvalue weighted by Crippen LogP contribution is -1.78. The summed E-state index contributed by atoms with van der Waals surface area (Å²) in [6.45, 7) is 0. The van der Waals surface area contributed by atoms with Crippen molar-refractivity contribution in [1.82, 2.24) is 0 Å². The number of allylic oxidation sites excluding steroid dienone is 2. The molecule has 0 nitrogen and oxygen atoms in total. The highest BCUT2D eigenvalue weighted by Gasteiger charge is 2.28. The van der Waals surface area contributed by atoms with Gasteiger partial charge >= 0.3 is 0 Å². The molecule has 1 fully saturated rings. The highest BCUT2D eigenvalue weighted by Crippen LogP contribution is 2.42. The van der Waals surface area contributed by atoms with Crippen LogP contribution in [0.15, 0.2) is 11.6 Å². The molecule has 0 aromatic heterocycles. The highest BCUT2D eigenvalue weighted by atomic mass is 14.3. The van der Waals surface area contributed by atoms with E-state index in [9.17, 15) is 0 Å². The van der Waals surface area contributed by atoms with E-state index in [1.807, 2.05) is 0 Å². The Bertz CT molecular complexity index is 144. The van der Waals surface area contributed by atoms with Crippen molar-refractivity contribution >= 4 is 0 Å². The highest BCUT2D eigenvalue weighted by molar-refractivity contribution is 5.23. The van der Waals surface area contributed by atoms with E-state index in [2.05, 4.69) is 6.08 Å². The van der Waals surface area contributed by atoms with Crippen LogP contribution in [0.2, 0.25) is 0 Å². The first-order valence-electron chi connectivity index (χ1n) is 4.66. The second-order valence-corrected chi connectivity index (χ2v) is 3.67. The average molecular weight is 136 g/mol. The molecule has 56 valence electrons. The molecule has 2 aliphatic carbocycles. The smallest absolute Gasteiger partial charge is 0.0166 e. The fourth-order valence-corrected chi connectivity index (χ4v) is 1.94. The molecule has 0 heteroatoms. The topological polar surface area (TPSA) is 0 Å². The van der Waals surface area contributed by atoms with Crippen LogP contribution in [0.5, 0.6) is 0 Å². The van der Waals surface area contributed by atoms with Crippen LogP contribution >= 0.6 is 0 Å². The molecular formula is C10H16. The van der Waals surface area contributed by atoms with Crippen LogP contribution in [0.3, 0.4) is 0 Å². The van der Waals surface area contributed by atoms with Crippen molar-refractivity contribution in [3.63, 3.8) is 0 Å². The lowest BCUT2D eigenvalue weighted by molar-refractivity contribution is 0.602. The molecule has 1 unspecified atom stereocenters. The fourth-order valence-electron chi connectivity index (χ4n) is 1.94. The molecule has 0 radical (unpaired) electrons. The summed E-state index contributed by atoms with van der Waals surface area (Å²) in [6.07, 6.45) is 12.7. The van der Waals surface area contributed by atoms with E-state index in [4.69, 9.17) is 0 Å². The third-order valence-corrected chi connectivity index (χ3v) is 2.76. The van der Waals surface area contributed by atoms with Crippen LogP contribution in [0, 0.1) is 5.92 Å². The molecule has 0 aliphatic heterocycles. The first-order valence-corrected chi connectivity index (χ1v) is 4.66. The van der Waals surface area contributed by atoms with Gasteiger partial charge in [0.15, 0.2) is 0 Å². The Hall–Kier alpha value is -0.260. The number of hydrogen-bond acceptors (Lipinski definition) is 0. The maximum absolute atomic E-state index is 2.50. The summed E-state index contributed by atoms with van der Waals surface area (Å²) >= 11 is 0. The van der Waals surface area contributed by atoms with E-state index < -0.39 is 0 Å².